The maximum absolute atomic E-state index is 8.80. The average Bonchev–Trinajstić information content (AvgIpc) is 1.81. The molecule has 0 radical (unpaired) electrons. The van der Waals surface area contributed by atoms with Crippen LogP contribution in [0, 0.1) is 11.3 Å². The Morgan fingerprint density at radius 1 is 1.60 bits per heavy atom. The van der Waals surface area contributed by atoms with Crippen LogP contribution in [0.15, 0.2) is 0 Å². The Morgan fingerprint density at radius 2 is 2.10 bits per heavy atom. The van der Waals surface area contributed by atoms with Crippen molar-refractivity contribution in [3.05, 3.63) is 0 Å². The monoisotopic (exact) mass is 142 g/mol. The third-order valence-corrected chi connectivity index (χ3v) is 0.975. The van der Waals surface area contributed by atoms with Crippen molar-refractivity contribution in [1.29, 1.82) is 5.26 Å². The van der Waals surface area contributed by atoms with Crippen LogP contribution in [0.1, 0.15) is 20.8 Å². The Balaban J connectivity index is 3.48. The minimum absolute atomic E-state index is 0.0299. The second-order valence-corrected chi connectivity index (χ2v) is 3.28. The molecule has 0 bridgehead atoms. The zero-order valence-corrected chi connectivity index (χ0v) is 6.68. The third-order valence-electron chi connectivity index (χ3n) is 0.975. The molecule has 10 heavy (non-hydrogen) atoms. The first-order valence-electron chi connectivity index (χ1n) is 3.28. The minimum atomic E-state index is -0.890. The fourth-order valence-electron chi connectivity index (χ4n) is 0.449. The van der Waals surface area contributed by atoms with Gasteiger partial charge in [-0.05, 0) is 20.8 Å². The number of nitrogens with zero attached hydrogens (tertiary/aromatic N) is 1. The molecule has 1 unspecified atom stereocenters. The van der Waals surface area contributed by atoms with E-state index in [-0.39, 0.29) is 5.54 Å². The molecule has 0 amide bonds. The summed E-state index contributed by atoms with van der Waals surface area (Å²) < 4.78 is 0. The van der Waals surface area contributed by atoms with Gasteiger partial charge in [-0.2, -0.15) is 5.26 Å². The first kappa shape index (κ1) is 9.41. The van der Waals surface area contributed by atoms with Crippen LogP contribution < -0.4 is 5.32 Å². The lowest BCUT2D eigenvalue weighted by Gasteiger charge is -2.20. The van der Waals surface area contributed by atoms with E-state index in [2.05, 4.69) is 5.32 Å². The quantitative estimate of drug-likeness (QED) is 0.544. The van der Waals surface area contributed by atoms with Crippen LogP contribution in [-0.2, 0) is 0 Å². The van der Waals surface area contributed by atoms with E-state index in [4.69, 9.17) is 10.4 Å². The standard InChI is InChI=1S/C7H14N2O/c1-7(2,3)9-5-6(10)4-8/h6,9-10H,5H2,1-3H3. The van der Waals surface area contributed by atoms with E-state index in [1.807, 2.05) is 20.8 Å². The van der Waals surface area contributed by atoms with E-state index in [0.717, 1.165) is 0 Å². The van der Waals surface area contributed by atoms with Gasteiger partial charge in [-0.25, -0.2) is 0 Å². The lowest BCUT2D eigenvalue weighted by atomic mass is 10.1. The number of nitriles is 1. The van der Waals surface area contributed by atoms with Gasteiger partial charge in [0.2, 0.25) is 0 Å². The Kier molecular flexibility index (Phi) is 3.34. The molecule has 0 spiro atoms. The van der Waals surface area contributed by atoms with Crippen molar-refractivity contribution in [2.75, 3.05) is 6.54 Å². The summed E-state index contributed by atoms with van der Waals surface area (Å²) in [5.74, 6) is 0. The molecule has 0 aromatic heterocycles. The van der Waals surface area contributed by atoms with E-state index in [0.29, 0.717) is 6.54 Å². The second-order valence-electron chi connectivity index (χ2n) is 3.28. The Labute approximate surface area is 61.7 Å². The lowest BCUT2D eigenvalue weighted by Crippen LogP contribution is -2.40. The summed E-state index contributed by atoms with van der Waals surface area (Å²) in [6, 6.07) is 1.73. The average molecular weight is 142 g/mol. The van der Waals surface area contributed by atoms with Crippen molar-refractivity contribution >= 4 is 0 Å². The largest absolute Gasteiger partial charge is 0.377 e. The van der Waals surface area contributed by atoms with Gasteiger partial charge >= 0.3 is 0 Å². The van der Waals surface area contributed by atoms with Crippen molar-refractivity contribution in [2.45, 2.75) is 32.4 Å². The molecule has 1 atom stereocenters. The predicted octanol–water partition coefficient (Wildman–Crippen LogP) is 0.259. The Bertz CT molecular complexity index is 132. The SMILES string of the molecule is CC(C)(C)NCC(O)C#N. The topological polar surface area (TPSA) is 56.0 Å². The fraction of sp³-hybridized carbons (Fsp3) is 0.857. The van der Waals surface area contributed by atoms with Gasteiger partial charge in [-0.1, -0.05) is 0 Å². The molecule has 0 aromatic rings. The summed E-state index contributed by atoms with van der Waals surface area (Å²) in [6.45, 7) is 6.28. The number of aliphatic hydroxyl groups excluding tert-OH is 1. The number of hydrogen-bond donors (Lipinski definition) is 2. The predicted molar refractivity (Wildman–Crippen MR) is 39.4 cm³/mol. The van der Waals surface area contributed by atoms with Crippen LogP contribution in [0.4, 0.5) is 0 Å². The fourth-order valence-corrected chi connectivity index (χ4v) is 0.449. The van der Waals surface area contributed by atoms with Gasteiger partial charge in [0.1, 0.15) is 0 Å². The normalized spacial score (nSPS) is 14.3. The molecule has 0 aromatic carbocycles. The molecule has 0 saturated heterocycles. The van der Waals surface area contributed by atoms with Crippen LogP contribution in [-0.4, -0.2) is 23.3 Å². The van der Waals surface area contributed by atoms with E-state index < -0.39 is 6.10 Å². The Hall–Kier alpha value is -0.590. The smallest absolute Gasteiger partial charge is 0.152 e. The molecule has 0 aliphatic carbocycles. The van der Waals surface area contributed by atoms with E-state index in [1.165, 1.54) is 0 Å². The number of rotatable bonds is 2. The summed E-state index contributed by atoms with van der Waals surface area (Å²) >= 11 is 0. The molecule has 0 fully saturated rings. The van der Waals surface area contributed by atoms with Crippen LogP contribution in [0.2, 0.25) is 0 Å². The molecular formula is C7H14N2O. The third kappa shape index (κ3) is 5.54. The molecule has 0 saturated carbocycles. The zero-order valence-electron chi connectivity index (χ0n) is 6.68. The van der Waals surface area contributed by atoms with Gasteiger partial charge in [0.25, 0.3) is 0 Å². The van der Waals surface area contributed by atoms with Gasteiger partial charge in [-0.15, -0.1) is 0 Å². The van der Waals surface area contributed by atoms with Crippen molar-refractivity contribution in [1.82, 2.24) is 5.32 Å². The highest BCUT2D eigenvalue weighted by atomic mass is 16.3. The van der Waals surface area contributed by atoms with E-state index in [1.54, 1.807) is 6.07 Å². The van der Waals surface area contributed by atoms with Gasteiger partial charge in [0.05, 0.1) is 6.07 Å². The minimum Gasteiger partial charge on any atom is -0.377 e. The highest BCUT2D eigenvalue weighted by molar-refractivity contribution is 4.85. The molecule has 0 aliphatic rings. The number of β-amino-alcohol motifs (C(OH)–C–C–N with tert-alkyl or cyclic N) is 1. The molecule has 3 nitrogen and oxygen atoms in total. The summed E-state index contributed by atoms with van der Waals surface area (Å²) in [7, 11) is 0. The molecule has 0 heterocycles. The summed E-state index contributed by atoms with van der Waals surface area (Å²) in [5.41, 5.74) is -0.0299. The Morgan fingerprint density at radius 3 is 2.40 bits per heavy atom. The maximum Gasteiger partial charge on any atom is 0.152 e. The molecular weight excluding hydrogens is 128 g/mol. The second kappa shape index (κ2) is 3.55. The molecule has 2 N–H and O–H groups in total. The summed E-state index contributed by atoms with van der Waals surface area (Å²) in [6.07, 6.45) is -0.890. The summed E-state index contributed by atoms with van der Waals surface area (Å²) in [4.78, 5) is 0. The first-order valence-corrected chi connectivity index (χ1v) is 3.28. The number of hydrogen-bond acceptors (Lipinski definition) is 3. The van der Waals surface area contributed by atoms with Crippen LogP contribution in [0.25, 0.3) is 0 Å². The highest BCUT2D eigenvalue weighted by Gasteiger charge is 2.10. The van der Waals surface area contributed by atoms with Crippen LogP contribution in [0.3, 0.4) is 0 Å². The van der Waals surface area contributed by atoms with Gasteiger partial charge < -0.3 is 10.4 Å². The van der Waals surface area contributed by atoms with E-state index in [9.17, 15) is 0 Å². The van der Waals surface area contributed by atoms with E-state index >= 15 is 0 Å². The number of aliphatic hydroxyl groups is 1. The first-order chi connectivity index (χ1) is 4.45. The number of nitrogens with one attached hydrogen (secondary N) is 1. The summed E-state index contributed by atoms with van der Waals surface area (Å²) in [5, 5.41) is 20.0. The molecule has 0 rings (SSSR count). The lowest BCUT2D eigenvalue weighted by molar-refractivity contribution is 0.211. The van der Waals surface area contributed by atoms with Gasteiger partial charge in [0, 0.05) is 12.1 Å². The van der Waals surface area contributed by atoms with Crippen molar-refractivity contribution < 1.29 is 5.11 Å². The van der Waals surface area contributed by atoms with Gasteiger partial charge in [0.15, 0.2) is 6.10 Å². The molecule has 3 heteroatoms. The van der Waals surface area contributed by atoms with Crippen molar-refractivity contribution in [3.8, 4) is 6.07 Å². The van der Waals surface area contributed by atoms with Crippen molar-refractivity contribution in [3.63, 3.8) is 0 Å². The van der Waals surface area contributed by atoms with Crippen LogP contribution >= 0.6 is 0 Å². The van der Waals surface area contributed by atoms with Crippen LogP contribution in [0.5, 0.6) is 0 Å². The highest BCUT2D eigenvalue weighted by Crippen LogP contribution is 1.97. The molecule has 58 valence electrons. The zero-order chi connectivity index (χ0) is 8.20. The maximum atomic E-state index is 8.80. The van der Waals surface area contributed by atoms with Gasteiger partial charge in [-0.3, -0.25) is 0 Å². The van der Waals surface area contributed by atoms with Crippen molar-refractivity contribution in [2.24, 2.45) is 0 Å². The molecule has 0 aliphatic heterocycles.